The van der Waals surface area contributed by atoms with Gasteiger partial charge in [0.05, 0.1) is 5.57 Å². The molecule has 0 aromatic rings. The summed E-state index contributed by atoms with van der Waals surface area (Å²) < 4.78 is 0. The summed E-state index contributed by atoms with van der Waals surface area (Å²) in [4.78, 5) is 21.6. The van der Waals surface area contributed by atoms with Gasteiger partial charge in [0.15, 0.2) is 0 Å². The predicted molar refractivity (Wildman–Crippen MR) is 42.3 cm³/mol. The van der Waals surface area contributed by atoms with Gasteiger partial charge in [0.2, 0.25) is 5.91 Å². The lowest BCUT2D eigenvalue weighted by Crippen LogP contribution is -2.33. The number of rotatable bonds is 1. The topological polar surface area (TPSA) is 66.4 Å². The Bertz CT molecular complexity index is 267. The molecule has 2 N–H and O–H groups in total. The van der Waals surface area contributed by atoms with E-state index in [1.807, 2.05) is 0 Å². The molecule has 0 spiro atoms. The quantitative estimate of drug-likeness (QED) is 0.600. The number of carbonyl (C=O) groups is 2. The Kier molecular flexibility index (Phi) is 2.17. The van der Waals surface area contributed by atoms with Crippen LogP contribution < -0.4 is 5.32 Å². The SMILES string of the molecule is CC1=C(C(=O)O)[C@@H](C)CC(=O)N1. The maximum atomic E-state index is 10.9. The molecule has 0 radical (unpaired) electrons. The van der Waals surface area contributed by atoms with E-state index in [2.05, 4.69) is 5.32 Å². The van der Waals surface area contributed by atoms with Crippen LogP contribution in [0.4, 0.5) is 0 Å². The van der Waals surface area contributed by atoms with Crippen molar-refractivity contribution >= 4 is 11.9 Å². The Hall–Kier alpha value is -1.32. The number of amides is 1. The Morgan fingerprint density at radius 2 is 2.25 bits per heavy atom. The molecule has 1 atom stereocenters. The monoisotopic (exact) mass is 169 g/mol. The highest BCUT2D eigenvalue weighted by Gasteiger charge is 2.26. The van der Waals surface area contributed by atoms with Gasteiger partial charge < -0.3 is 10.4 Å². The minimum Gasteiger partial charge on any atom is -0.478 e. The van der Waals surface area contributed by atoms with Crippen molar-refractivity contribution in [1.82, 2.24) is 5.32 Å². The Morgan fingerprint density at radius 3 is 2.67 bits per heavy atom. The summed E-state index contributed by atoms with van der Waals surface area (Å²) in [6.45, 7) is 3.35. The fourth-order valence-electron chi connectivity index (χ4n) is 1.45. The zero-order valence-electron chi connectivity index (χ0n) is 7.05. The van der Waals surface area contributed by atoms with Gasteiger partial charge in [-0.25, -0.2) is 4.79 Å². The van der Waals surface area contributed by atoms with Crippen molar-refractivity contribution in [1.29, 1.82) is 0 Å². The molecule has 1 aliphatic rings. The van der Waals surface area contributed by atoms with E-state index >= 15 is 0 Å². The van der Waals surface area contributed by atoms with E-state index in [9.17, 15) is 9.59 Å². The van der Waals surface area contributed by atoms with Gasteiger partial charge in [-0.1, -0.05) is 6.92 Å². The molecule has 0 aromatic carbocycles. The van der Waals surface area contributed by atoms with Crippen molar-refractivity contribution in [3.63, 3.8) is 0 Å². The molecular weight excluding hydrogens is 158 g/mol. The molecule has 0 bridgehead atoms. The molecule has 66 valence electrons. The van der Waals surface area contributed by atoms with Gasteiger partial charge in [-0.05, 0) is 12.8 Å². The van der Waals surface area contributed by atoms with Crippen LogP contribution >= 0.6 is 0 Å². The molecule has 0 saturated heterocycles. The second-order valence-corrected chi connectivity index (χ2v) is 3.00. The van der Waals surface area contributed by atoms with Gasteiger partial charge in [0.1, 0.15) is 0 Å². The molecule has 4 nitrogen and oxygen atoms in total. The highest BCUT2D eigenvalue weighted by molar-refractivity contribution is 5.92. The number of allylic oxidation sites excluding steroid dienone is 1. The number of hydrogen-bond donors (Lipinski definition) is 2. The molecule has 1 aliphatic heterocycles. The number of carboxylic acid groups (broad SMARTS) is 1. The summed E-state index contributed by atoms with van der Waals surface area (Å²) in [5, 5.41) is 11.3. The minimum atomic E-state index is -0.944. The van der Waals surface area contributed by atoms with Crippen molar-refractivity contribution in [2.45, 2.75) is 20.3 Å². The third kappa shape index (κ3) is 1.47. The van der Waals surface area contributed by atoms with Crippen LogP contribution in [-0.2, 0) is 9.59 Å². The van der Waals surface area contributed by atoms with Crippen LogP contribution in [0.2, 0.25) is 0 Å². The van der Waals surface area contributed by atoms with Gasteiger partial charge in [0, 0.05) is 12.1 Å². The third-order valence-electron chi connectivity index (χ3n) is 1.95. The Balaban J connectivity index is 3.01. The number of aliphatic carboxylic acids is 1. The fourth-order valence-corrected chi connectivity index (χ4v) is 1.45. The first kappa shape index (κ1) is 8.77. The van der Waals surface area contributed by atoms with Gasteiger partial charge in [-0.2, -0.15) is 0 Å². The Morgan fingerprint density at radius 1 is 1.67 bits per heavy atom. The molecular formula is C8H11NO3. The van der Waals surface area contributed by atoms with E-state index in [1.165, 1.54) is 0 Å². The maximum absolute atomic E-state index is 10.9. The highest BCUT2D eigenvalue weighted by atomic mass is 16.4. The molecule has 0 aliphatic carbocycles. The van der Waals surface area contributed by atoms with Crippen molar-refractivity contribution in [2.24, 2.45) is 5.92 Å². The molecule has 1 heterocycles. The zero-order chi connectivity index (χ0) is 9.30. The van der Waals surface area contributed by atoms with Crippen LogP contribution in [-0.4, -0.2) is 17.0 Å². The Labute approximate surface area is 70.3 Å². The second-order valence-electron chi connectivity index (χ2n) is 3.00. The van der Waals surface area contributed by atoms with Crippen molar-refractivity contribution in [3.05, 3.63) is 11.3 Å². The molecule has 1 amide bonds. The van der Waals surface area contributed by atoms with Gasteiger partial charge in [0.25, 0.3) is 0 Å². The van der Waals surface area contributed by atoms with E-state index in [4.69, 9.17) is 5.11 Å². The summed E-state index contributed by atoms with van der Waals surface area (Å²) in [6.07, 6.45) is 0.263. The fraction of sp³-hybridized carbons (Fsp3) is 0.500. The number of carbonyl (C=O) groups excluding carboxylic acids is 1. The largest absolute Gasteiger partial charge is 0.478 e. The van der Waals surface area contributed by atoms with Gasteiger partial charge in [-0.15, -0.1) is 0 Å². The van der Waals surface area contributed by atoms with Crippen LogP contribution in [0, 0.1) is 5.92 Å². The zero-order valence-corrected chi connectivity index (χ0v) is 7.05. The minimum absolute atomic E-state index is 0.106. The van der Waals surface area contributed by atoms with Gasteiger partial charge in [-0.3, -0.25) is 4.79 Å². The average Bonchev–Trinajstić information content (AvgIpc) is 1.82. The predicted octanol–water partition coefficient (Wildman–Crippen LogP) is 0.501. The molecule has 0 saturated carbocycles. The van der Waals surface area contributed by atoms with E-state index < -0.39 is 5.97 Å². The lowest BCUT2D eigenvalue weighted by atomic mass is 9.92. The maximum Gasteiger partial charge on any atom is 0.333 e. The van der Waals surface area contributed by atoms with Crippen LogP contribution in [0.3, 0.4) is 0 Å². The summed E-state index contributed by atoms with van der Waals surface area (Å²) in [5.74, 6) is -1.23. The molecule has 12 heavy (non-hydrogen) atoms. The molecule has 0 unspecified atom stereocenters. The smallest absolute Gasteiger partial charge is 0.333 e. The number of carboxylic acids is 1. The summed E-state index contributed by atoms with van der Waals surface area (Å²) in [5.41, 5.74) is 0.779. The average molecular weight is 169 g/mol. The van der Waals surface area contributed by atoms with Crippen LogP contribution in [0.25, 0.3) is 0 Å². The standard InChI is InChI=1S/C8H11NO3/c1-4-3-6(10)9-5(2)7(4)8(11)12/h4H,3H2,1-2H3,(H,9,10)(H,11,12)/t4-/m0/s1. The number of hydrogen-bond acceptors (Lipinski definition) is 2. The van der Waals surface area contributed by atoms with Crippen molar-refractivity contribution in [2.75, 3.05) is 0 Å². The summed E-state index contributed by atoms with van der Waals surface area (Å²) in [6, 6.07) is 0. The lowest BCUT2D eigenvalue weighted by molar-refractivity contribution is -0.133. The van der Waals surface area contributed by atoms with Crippen molar-refractivity contribution in [3.8, 4) is 0 Å². The third-order valence-corrected chi connectivity index (χ3v) is 1.95. The first-order valence-electron chi connectivity index (χ1n) is 3.76. The second kappa shape index (κ2) is 2.97. The van der Waals surface area contributed by atoms with Crippen molar-refractivity contribution < 1.29 is 14.7 Å². The molecule has 4 heteroatoms. The lowest BCUT2D eigenvalue weighted by Gasteiger charge is -2.21. The molecule has 0 aromatic heterocycles. The van der Waals surface area contributed by atoms with E-state index in [0.717, 1.165) is 0 Å². The number of nitrogens with one attached hydrogen (secondary N) is 1. The van der Waals surface area contributed by atoms with Crippen LogP contribution in [0.5, 0.6) is 0 Å². The first-order valence-corrected chi connectivity index (χ1v) is 3.76. The summed E-state index contributed by atoms with van der Waals surface area (Å²) in [7, 11) is 0. The van der Waals surface area contributed by atoms with Crippen LogP contribution in [0.1, 0.15) is 20.3 Å². The van der Waals surface area contributed by atoms with Crippen LogP contribution in [0.15, 0.2) is 11.3 Å². The van der Waals surface area contributed by atoms with E-state index in [0.29, 0.717) is 11.3 Å². The van der Waals surface area contributed by atoms with Gasteiger partial charge >= 0.3 is 5.97 Å². The summed E-state index contributed by atoms with van der Waals surface area (Å²) >= 11 is 0. The molecule has 1 rings (SSSR count). The van der Waals surface area contributed by atoms with E-state index in [-0.39, 0.29) is 18.2 Å². The molecule has 0 fully saturated rings. The van der Waals surface area contributed by atoms with E-state index in [1.54, 1.807) is 13.8 Å². The highest BCUT2D eigenvalue weighted by Crippen LogP contribution is 2.21. The first-order chi connectivity index (χ1) is 5.52. The normalized spacial score (nSPS) is 23.8.